The molecular weight excluding hydrogens is 210 g/mol. The van der Waals surface area contributed by atoms with Gasteiger partial charge >= 0.3 is 0 Å². The van der Waals surface area contributed by atoms with Gasteiger partial charge in [0.05, 0.1) is 23.4 Å². The van der Waals surface area contributed by atoms with Crippen LogP contribution in [0.15, 0.2) is 24.5 Å². The number of likely N-dealkylation sites (tertiary alicyclic amines) is 1. The standard InChI is InChI=1S/C12H15N3.C2H6/c1-9-3-4-11-12(5-9)15(8-13-11)10-6-14(2)7-10;1-2/h3-5,8,10H,6-7H2,1-2H3;1-2H3. The number of likely N-dealkylation sites (N-methyl/N-ethyl adjacent to an activating group) is 1. The molecule has 3 nitrogen and oxygen atoms in total. The second-order valence-corrected chi connectivity index (χ2v) is 4.52. The number of hydrogen-bond donors (Lipinski definition) is 0. The van der Waals surface area contributed by atoms with Gasteiger partial charge in [-0.1, -0.05) is 19.9 Å². The maximum Gasteiger partial charge on any atom is 0.0961 e. The first-order valence-electron chi connectivity index (χ1n) is 6.36. The zero-order valence-corrected chi connectivity index (χ0v) is 11.1. The van der Waals surface area contributed by atoms with Gasteiger partial charge in [0.1, 0.15) is 0 Å². The fourth-order valence-corrected chi connectivity index (χ4v) is 2.27. The van der Waals surface area contributed by atoms with Crippen LogP contribution < -0.4 is 0 Å². The van der Waals surface area contributed by atoms with Crippen molar-refractivity contribution in [1.29, 1.82) is 0 Å². The Hall–Kier alpha value is -1.35. The molecule has 2 heterocycles. The number of rotatable bonds is 1. The van der Waals surface area contributed by atoms with Gasteiger partial charge in [0.25, 0.3) is 0 Å². The molecule has 0 spiro atoms. The minimum Gasteiger partial charge on any atom is -0.325 e. The average Bonchev–Trinajstić information content (AvgIpc) is 2.70. The van der Waals surface area contributed by atoms with E-state index in [1.54, 1.807) is 0 Å². The van der Waals surface area contributed by atoms with E-state index in [1.165, 1.54) is 11.1 Å². The Morgan fingerprint density at radius 3 is 2.59 bits per heavy atom. The summed E-state index contributed by atoms with van der Waals surface area (Å²) in [6, 6.07) is 7.05. The summed E-state index contributed by atoms with van der Waals surface area (Å²) in [4.78, 5) is 6.76. The van der Waals surface area contributed by atoms with Crippen LogP contribution >= 0.6 is 0 Å². The van der Waals surface area contributed by atoms with E-state index < -0.39 is 0 Å². The minimum absolute atomic E-state index is 0.613. The number of benzene rings is 1. The molecule has 17 heavy (non-hydrogen) atoms. The first-order valence-corrected chi connectivity index (χ1v) is 6.36. The molecule has 3 rings (SSSR count). The molecule has 1 aliphatic rings. The van der Waals surface area contributed by atoms with Crippen LogP contribution in [0.3, 0.4) is 0 Å². The van der Waals surface area contributed by atoms with Crippen LogP contribution in [0, 0.1) is 6.92 Å². The topological polar surface area (TPSA) is 21.1 Å². The number of aryl methyl sites for hydroxylation is 1. The fraction of sp³-hybridized carbons (Fsp3) is 0.500. The number of fused-ring (bicyclic) bond motifs is 1. The first-order chi connectivity index (χ1) is 8.24. The third-order valence-corrected chi connectivity index (χ3v) is 3.17. The lowest BCUT2D eigenvalue weighted by molar-refractivity contribution is 0.143. The van der Waals surface area contributed by atoms with Gasteiger partial charge in [0.2, 0.25) is 0 Å². The zero-order chi connectivity index (χ0) is 12.4. The summed E-state index contributed by atoms with van der Waals surface area (Å²) in [5.41, 5.74) is 3.68. The van der Waals surface area contributed by atoms with E-state index >= 15 is 0 Å². The predicted octanol–water partition coefficient (Wildman–Crippen LogP) is 2.86. The normalized spacial score (nSPS) is 16.5. The van der Waals surface area contributed by atoms with Crippen molar-refractivity contribution in [3.8, 4) is 0 Å². The fourth-order valence-electron chi connectivity index (χ4n) is 2.27. The highest BCUT2D eigenvalue weighted by molar-refractivity contribution is 5.76. The molecule has 0 atom stereocenters. The molecule has 0 aliphatic carbocycles. The zero-order valence-electron chi connectivity index (χ0n) is 11.1. The van der Waals surface area contributed by atoms with Crippen LogP contribution in [0.1, 0.15) is 25.5 Å². The molecule has 1 fully saturated rings. The Balaban J connectivity index is 0.000000514. The molecule has 92 valence electrons. The van der Waals surface area contributed by atoms with Crippen molar-refractivity contribution in [2.75, 3.05) is 20.1 Å². The molecule has 1 saturated heterocycles. The molecular formula is C14H21N3. The van der Waals surface area contributed by atoms with Gasteiger partial charge in [-0.15, -0.1) is 0 Å². The molecule has 0 radical (unpaired) electrons. The van der Waals surface area contributed by atoms with E-state index in [4.69, 9.17) is 0 Å². The second kappa shape index (κ2) is 4.88. The third-order valence-electron chi connectivity index (χ3n) is 3.17. The summed E-state index contributed by atoms with van der Waals surface area (Å²) in [6.07, 6.45) is 1.97. The van der Waals surface area contributed by atoms with Crippen molar-refractivity contribution < 1.29 is 0 Å². The summed E-state index contributed by atoms with van der Waals surface area (Å²) in [7, 11) is 2.15. The van der Waals surface area contributed by atoms with Crippen molar-refractivity contribution in [3.05, 3.63) is 30.1 Å². The van der Waals surface area contributed by atoms with Crippen LogP contribution in [0.25, 0.3) is 11.0 Å². The maximum atomic E-state index is 4.43. The smallest absolute Gasteiger partial charge is 0.0961 e. The predicted molar refractivity (Wildman–Crippen MR) is 72.4 cm³/mol. The number of aromatic nitrogens is 2. The highest BCUT2D eigenvalue weighted by atomic mass is 15.3. The molecule has 0 saturated carbocycles. The van der Waals surface area contributed by atoms with Crippen molar-refractivity contribution >= 4 is 11.0 Å². The Labute approximate surface area is 103 Å². The second-order valence-electron chi connectivity index (χ2n) is 4.52. The van der Waals surface area contributed by atoms with E-state index in [9.17, 15) is 0 Å². The van der Waals surface area contributed by atoms with Gasteiger partial charge in [-0.05, 0) is 31.7 Å². The molecule has 1 aromatic carbocycles. The van der Waals surface area contributed by atoms with E-state index in [0.29, 0.717) is 6.04 Å². The van der Waals surface area contributed by atoms with Crippen molar-refractivity contribution in [3.63, 3.8) is 0 Å². The van der Waals surface area contributed by atoms with Crippen LogP contribution in [-0.4, -0.2) is 34.6 Å². The maximum absolute atomic E-state index is 4.43. The molecule has 1 aliphatic heterocycles. The molecule has 2 aromatic rings. The quantitative estimate of drug-likeness (QED) is 0.752. The molecule has 1 aromatic heterocycles. The van der Waals surface area contributed by atoms with Gasteiger partial charge in [0, 0.05) is 13.1 Å². The lowest BCUT2D eigenvalue weighted by Crippen LogP contribution is -2.44. The van der Waals surface area contributed by atoms with Gasteiger partial charge in [-0.2, -0.15) is 0 Å². The van der Waals surface area contributed by atoms with E-state index in [2.05, 4.69) is 46.6 Å². The Bertz CT molecular complexity index is 495. The first kappa shape index (κ1) is 12.1. The average molecular weight is 231 g/mol. The number of imidazole rings is 1. The largest absolute Gasteiger partial charge is 0.325 e. The van der Waals surface area contributed by atoms with Gasteiger partial charge in [0.15, 0.2) is 0 Å². The van der Waals surface area contributed by atoms with Gasteiger partial charge < -0.3 is 9.47 Å². The van der Waals surface area contributed by atoms with E-state index in [1.807, 2.05) is 20.2 Å². The molecule has 0 amide bonds. The molecule has 0 N–H and O–H groups in total. The molecule has 3 heteroatoms. The summed E-state index contributed by atoms with van der Waals surface area (Å²) in [5, 5.41) is 0. The summed E-state index contributed by atoms with van der Waals surface area (Å²) in [5.74, 6) is 0. The van der Waals surface area contributed by atoms with Crippen molar-refractivity contribution in [2.24, 2.45) is 0 Å². The Kier molecular flexibility index (Phi) is 3.48. The van der Waals surface area contributed by atoms with Crippen molar-refractivity contribution in [1.82, 2.24) is 14.5 Å². The SMILES string of the molecule is CC.Cc1ccc2ncn(C3CN(C)C3)c2c1. The van der Waals surface area contributed by atoms with Crippen LogP contribution in [0.2, 0.25) is 0 Å². The summed E-state index contributed by atoms with van der Waals surface area (Å²) >= 11 is 0. The molecule has 0 bridgehead atoms. The highest BCUT2D eigenvalue weighted by Crippen LogP contribution is 2.24. The monoisotopic (exact) mass is 231 g/mol. The van der Waals surface area contributed by atoms with Gasteiger partial charge in [-0.25, -0.2) is 4.98 Å². The Morgan fingerprint density at radius 1 is 1.24 bits per heavy atom. The summed E-state index contributed by atoms with van der Waals surface area (Å²) in [6.45, 7) is 8.41. The molecule has 0 unspecified atom stereocenters. The third kappa shape index (κ3) is 2.20. The van der Waals surface area contributed by atoms with Crippen LogP contribution in [-0.2, 0) is 0 Å². The van der Waals surface area contributed by atoms with Crippen LogP contribution in [0.4, 0.5) is 0 Å². The van der Waals surface area contributed by atoms with E-state index in [0.717, 1.165) is 18.6 Å². The lowest BCUT2D eigenvalue weighted by atomic mass is 10.1. The van der Waals surface area contributed by atoms with Gasteiger partial charge in [-0.3, -0.25) is 0 Å². The number of hydrogen-bond acceptors (Lipinski definition) is 2. The Morgan fingerprint density at radius 2 is 1.94 bits per heavy atom. The van der Waals surface area contributed by atoms with Crippen molar-refractivity contribution in [2.45, 2.75) is 26.8 Å². The van der Waals surface area contributed by atoms with Crippen LogP contribution in [0.5, 0.6) is 0 Å². The van der Waals surface area contributed by atoms with E-state index in [-0.39, 0.29) is 0 Å². The summed E-state index contributed by atoms with van der Waals surface area (Å²) < 4.78 is 2.31. The highest BCUT2D eigenvalue weighted by Gasteiger charge is 2.25. The minimum atomic E-state index is 0.613. The lowest BCUT2D eigenvalue weighted by Gasteiger charge is -2.37. The number of nitrogens with zero attached hydrogens (tertiary/aromatic N) is 3.